The zero-order valence-electron chi connectivity index (χ0n) is 21.2. The van der Waals surface area contributed by atoms with Crippen molar-refractivity contribution in [1.82, 2.24) is 14.5 Å². The van der Waals surface area contributed by atoms with Gasteiger partial charge in [-0.05, 0) is 49.1 Å². The lowest BCUT2D eigenvalue weighted by Crippen LogP contribution is -2.53. The molecule has 0 spiro atoms. The normalized spacial score (nSPS) is 17.7. The van der Waals surface area contributed by atoms with E-state index in [0.29, 0.717) is 16.5 Å². The van der Waals surface area contributed by atoms with Crippen LogP contribution >= 0.6 is 0 Å². The zero-order valence-corrected chi connectivity index (χ0v) is 22.0. The first-order chi connectivity index (χ1) is 17.8. The third-order valence-corrected chi connectivity index (χ3v) is 8.80. The van der Waals surface area contributed by atoms with E-state index in [-0.39, 0.29) is 29.0 Å². The van der Waals surface area contributed by atoms with Gasteiger partial charge in [-0.2, -0.15) is 0 Å². The van der Waals surface area contributed by atoms with Gasteiger partial charge in [0.1, 0.15) is 23.2 Å². The summed E-state index contributed by atoms with van der Waals surface area (Å²) in [6, 6.07) is 12.3. The van der Waals surface area contributed by atoms with Gasteiger partial charge in [-0.15, -0.1) is 0 Å². The number of hydrogen-bond donors (Lipinski definition) is 1. The van der Waals surface area contributed by atoms with E-state index in [2.05, 4.69) is 5.32 Å². The second-order valence-corrected chi connectivity index (χ2v) is 11.3. The van der Waals surface area contributed by atoms with Crippen LogP contribution in [0.5, 0.6) is 5.75 Å². The Morgan fingerprint density at radius 1 is 1.11 bits per heavy atom. The van der Waals surface area contributed by atoms with Crippen LogP contribution in [0.15, 0.2) is 53.4 Å². The number of hydrogen-bond acceptors (Lipinski definition) is 6. The maximum absolute atomic E-state index is 13.7. The fraction of sp³-hybridized carbons (Fsp3) is 0.444. The van der Waals surface area contributed by atoms with E-state index in [9.17, 15) is 22.8 Å². The molecule has 1 heterocycles. The molecule has 3 amide bonds. The summed E-state index contributed by atoms with van der Waals surface area (Å²) >= 11 is 0. The molecule has 0 radical (unpaired) electrons. The molecule has 0 aromatic heterocycles. The van der Waals surface area contributed by atoms with E-state index in [0.717, 1.165) is 37.7 Å². The van der Waals surface area contributed by atoms with Crippen molar-refractivity contribution in [3.8, 4) is 5.75 Å². The van der Waals surface area contributed by atoms with Crippen molar-refractivity contribution in [3.05, 3.63) is 59.7 Å². The van der Waals surface area contributed by atoms with Gasteiger partial charge in [-0.25, -0.2) is 12.7 Å². The Morgan fingerprint density at radius 3 is 2.51 bits per heavy atom. The first-order valence-electron chi connectivity index (χ1n) is 12.6. The maximum Gasteiger partial charge on any atom is 0.269 e. The predicted octanol–water partition coefficient (Wildman–Crippen LogP) is 3.10. The van der Waals surface area contributed by atoms with Gasteiger partial charge in [-0.3, -0.25) is 14.4 Å². The van der Waals surface area contributed by atoms with Gasteiger partial charge in [0.25, 0.3) is 15.9 Å². The van der Waals surface area contributed by atoms with E-state index < -0.39 is 34.4 Å². The number of carbonyl (C=O) groups excluding carboxylic acids is 3. The highest BCUT2D eigenvalue weighted by Gasteiger charge is 2.43. The van der Waals surface area contributed by atoms with Crippen LogP contribution in [0.3, 0.4) is 0 Å². The standard InChI is InChI=1S/C27H33N3O6S/c1-3-23(26(32)28-20-11-5-4-6-12-20)29(17-19-10-9-13-21(16-19)36-2)25(31)18-30-27(33)22-14-7-8-15-24(22)37(30,34)35/h7-10,13-16,20,23H,3-6,11-12,17-18H2,1-2H3,(H,28,32)/t23-/m1/s1. The number of rotatable bonds is 9. The second kappa shape index (κ2) is 11.3. The molecule has 1 fully saturated rings. The number of amides is 3. The minimum absolute atomic E-state index is 0.0386. The molecule has 4 rings (SSSR count). The highest BCUT2D eigenvalue weighted by molar-refractivity contribution is 7.90. The summed E-state index contributed by atoms with van der Waals surface area (Å²) in [4.78, 5) is 41.3. The quantitative estimate of drug-likeness (QED) is 0.536. The first kappa shape index (κ1) is 26.7. The molecule has 0 bridgehead atoms. The Morgan fingerprint density at radius 2 is 1.84 bits per heavy atom. The lowest BCUT2D eigenvalue weighted by molar-refractivity contribution is -0.141. The molecule has 0 saturated heterocycles. The Hall–Kier alpha value is -3.40. The van der Waals surface area contributed by atoms with Gasteiger partial charge in [-0.1, -0.05) is 50.5 Å². The molecular weight excluding hydrogens is 494 g/mol. The fourth-order valence-electron chi connectivity index (χ4n) is 5.03. The van der Waals surface area contributed by atoms with Gasteiger partial charge in [0.15, 0.2) is 0 Å². The van der Waals surface area contributed by atoms with E-state index in [4.69, 9.17) is 4.74 Å². The molecular formula is C27H33N3O6S. The van der Waals surface area contributed by atoms with Gasteiger partial charge >= 0.3 is 0 Å². The molecule has 37 heavy (non-hydrogen) atoms. The summed E-state index contributed by atoms with van der Waals surface area (Å²) in [5.41, 5.74) is 0.757. The molecule has 1 aliphatic heterocycles. The Bertz CT molecular complexity index is 1270. The lowest BCUT2D eigenvalue weighted by Gasteiger charge is -2.33. The highest BCUT2D eigenvalue weighted by atomic mass is 32.2. The predicted molar refractivity (Wildman–Crippen MR) is 137 cm³/mol. The summed E-state index contributed by atoms with van der Waals surface area (Å²) < 4.78 is 32.0. The number of sulfonamides is 1. The summed E-state index contributed by atoms with van der Waals surface area (Å²) in [5.74, 6) is -1.05. The number of fused-ring (bicyclic) bond motifs is 1. The van der Waals surface area contributed by atoms with Crippen molar-refractivity contribution in [3.63, 3.8) is 0 Å². The highest BCUT2D eigenvalue weighted by Crippen LogP contribution is 2.30. The van der Waals surface area contributed by atoms with E-state index in [1.165, 1.54) is 30.2 Å². The molecule has 10 heteroatoms. The van der Waals surface area contributed by atoms with Crippen molar-refractivity contribution in [2.24, 2.45) is 0 Å². The van der Waals surface area contributed by atoms with E-state index >= 15 is 0 Å². The largest absolute Gasteiger partial charge is 0.497 e. The van der Waals surface area contributed by atoms with E-state index in [1.54, 1.807) is 24.3 Å². The fourth-order valence-corrected chi connectivity index (χ4v) is 6.55. The molecule has 2 aromatic carbocycles. The summed E-state index contributed by atoms with van der Waals surface area (Å²) in [6.45, 7) is 1.18. The number of methoxy groups -OCH3 is 1. The molecule has 2 aromatic rings. The third-order valence-electron chi connectivity index (χ3n) is 7.02. The van der Waals surface area contributed by atoms with E-state index in [1.807, 2.05) is 13.0 Å². The van der Waals surface area contributed by atoms with Crippen LogP contribution < -0.4 is 10.1 Å². The average Bonchev–Trinajstić information content (AvgIpc) is 3.09. The van der Waals surface area contributed by atoms with Crippen LogP contribution in [0.1, 0.15) is 61.4 Å². The molecule has 198 valence electrons. The Labute approximate surface area is 217 Å². The average molecular weight is 528 g/mol. The molecule has 0 unspecified atom stereocenters. The van der Waals surface area contributed by atoms with Crippen LogP contribution in [-0.2, 0) is 26.2 Å². The maximum atomic E-state index is 13.7. The van der Waals surface area contributed by atoms with Gasteiger partial charge in [0, 0.05) is 12.6 Å². The summed E-state index contributed by atoms with van der Waals surface area (Å²) in [6.07, 6.45) is 5.35. The SMILES string of the molecule is CC[C@H](C(=O)NC1CCCCC1)N(Cc1cccc(OC)c1)C(=O)CN1C(=O)c2ccccc2S1(=O)=O. The van der Waals surface area contributed by atoms with Gasteiger partial charge in [0.05, 0.1) is 12.7 Å². The monoisotopic (exact) mass is 527 g/mol. The van der Waals surface area contributed by atoms with Crippen LogP contribution in [0.4, 0.5) is 0 Å². The van der Waals surface area contributed by atoms with Gasteiger partial charge in [0.2, 0.25) is 11.8 Å². The smallest absolute Gasteiger partial charge is 0.269 e. The molecule has 1 saturated carbocycles. The van der Waals surface area contributed by atoms with Crippen molar-refractivity contribution in [1.29, 1.82) is 0 Å². The molecule has 1 atom stereocenters. The van der Waals surface area contributed by atoms with Crippen LogP contribution in [0, 0.1) is 0 Å². The Balaban J connectivity index is 1.61. The number of carbonyl (C=O) groups is 3. The molecule has 9 nitrogen and oxygen atoms in total. The summed E-state index contributed by atoms with van der Waals surface area (Å²) in [7, 11) is -2.63. The molecule has 1 aliphatic carbocycles. The Kier molecular flexibility index (Phi) is 8.16. The summed E-state index contributed by atoms with van der Waals surface area (Å²) in [5, 5.41) is 3.09. The minimum Gasteiger partial charge on any atom is -0.497 e. The number of ether oxygens (including phenoxy) is 1. The van der Waals surface area contributed by atoms with Crippen molar-refractivity contribution < 1.29 is 27.5 Å². The van der Waals surface area contributed by atoms with Crippen molar-refractivity contribution in [2.45, 2.75) is 69.0 Å². The lowest BCUT2D eigenvalue weighted by atomic mass is 9.95. The van der Waals surface area contributed by atoms with Gasteiger partial charge < -0.3 is 15.0 Å². The second-order valence-electron chi connectivity index (χ2n) is 9.45. The third kappa shape index (κ3) is 5.64. The topological polar surface area (TPSA) is 113 Å². The number of benzene rings is 2. The van der Waals surface area contributed by atoms with Crippen LogP contribution in [0.25, 0.3) is 0 Å². The molecule has 2 aliphatic rings. The molecule has 1 N–H and O–H groups in total. The van der Waals surface area contributed by atoms with Crippen LogP contribution in [0.2, 0.25) is 0 Å². The first-order valence-corrected chi connectivity index (χ1v) is 14.1. The van der Waals surface area contributed by atoms with Crippen molar-refractivity contribution in [2.75, 3.05) is 13.7 Å². The zero-order chi connectivity index (χ0) is 26.6. The van der Waals surface area contributed by atoms with Crippen molar-refractivity contribution >= 4 is 27.7 Å². The number of nitrogens with zero attached hydrogens (tertiary/aromatic N) is 2. The number of nitrogens with one attached hydrogen (secondary N) is 1. The van der Waals surface area contributed by atoms with Crippen LogP contribution in [-0.4, -0.2) is 61.1 Å². The minimum atomic E-state index is -4.17.